The predicted molar refractivity (Wildman–Crippen MR) is 61.5 cm³/mol. The fraction of sp³-hybridized carbons (Fsp3) is 0.100. The van der Waals surface area contributed by atoms with Crippen LogP contribution in [0.4, 0.5) is 5.82 Å². The predicted octanol–water partition coefficient (Wildman–Crippen LogP) is 2.03. The van der Waals surface area contributed by atoms with Crippen molar-refractivity contribution in [3.05, 3.63) is 22.7 Å². The SMILES string of the molecule is Cc1c(Cl)cc(O)c(O)c1-c1cc(N)n[nH]1. The van der Waals surface area contributed by atoms with Gasteiger partial charge in [-0.3, -0.25) is 5.10 Å². The molecule has 0 atom stereocenters. The molecule has 0 aliphatic carbocycles. The lowest BCUT2D eigenvalue weighted by Gasteiger charge is -2.09. The molecule has 0 spiro atoms. The van der Waals surface area contributed by atoms with Gasteiger partial charge in [0.15, 0.2) is 11.5 Å². The van der Waals surface area contributed by atoms with Gasteiger partial charge < -0.3 is 15.9 Å². The van der Waals surface area contributed by atoms with E-state index in [1.807, 2.05) is 0 Å². The van der Waals surface area contributed by atoms with Crippen LogP contribution in [0.15, 0.2) is 12.1 Å². The largest absolute Gasteiger partial charge is 0.504 e. The lowest BCUT2D eigenvalue weighted by Crippen LogP contribution is -1.87. The molecule has 2 aromatic rings. The number of nitrogens with two attached hydrogens (primary N) is 1. The van der Waals surface area contributed by atoms with Crippen molar-refractivity contribution in [2.24, 2.45) is 0 Å². The van der Waals surface area contributed by atoms with Crippen LogP contribution >= 0.6 is 11.6 Å². The van der Waals surface area contributed by atoms with Crippen LogP contribution in [0, 0.1) is 6.92 Å². The summed E-state index contributed by atoms with van der Waals surface area (Å²) in [5, 5.41) is 26.0. The molecular formula is C10H10ClN3O2. The Kier molecular flexibility index (Phi) is 2.40. The Balaban J connectivity index is 2.73. The van der Waals surface area contributed by atoms with Crippen LogP contribution in [-0.2, 0) is 0 Å². The molecule has 0 fully saturated rings. The monoisotopic (exact) mass is 239 g/mol. The first-order valence-electron chi connectivity index (χ1n) is 4.53. The van der Waals surface area contributed by atoms with Crippen LogP contribution in [0.2, 0.25) is 5.02 Å². The normalized spacial score (nSPS) is 10.6. The first kappa shape index (κ1) is 10.6. The summed E-state index contributed by atoms with van der Waals surface area (Å²) >= 11 is 5.91. The molecule has 0 unspecified atom stereocenters. The minimum absolute atomic E-state index is 0.245. The number of phenols is 2. The first-order valence-corrected chi connectivity index (χ1v) is 4.90. The van der Waals surface area contributed by atoms with Gasteiger partial charge in [-0.25, -0.2) is 0 Å². The van der Waals surface area contributed by atoms with Gasteiger partial charge in [0.2, 0.25) is 0 Å². The van der Waals surface area contributed by atoms with E-state index in [9.17, 15) is 10.2 Å². The number of nitrogens with zero attached hydrogens (tertiary/aromatic N) is 1. The van der Waals surface area contributed by atoms with E-state index in [1.54, 1.807) is 13.0 Å². The zero-order valence-electron chi connectivity index (χ0n) is 8.45. The molecule has 6 heteroatoms. The first-order chi connectivity index (χ1) is 7.50. The van der Waals surface area contributed by atoms with Gasteiger partial charge in [0.05, 0.1) is 5.69 Å². The molecule has 0 radical (unpaired) electrons. The van der Waals surface area contributed by atoms with Gasteiger partial charge in [-0.2, -0.15) is 5.10 Å². The maximum Gasteiger partial charge on any atom is 0.167 e. The third kappa shape index (κ3) is 1.55. The minimum Gasteiger partial charge on any atom is -0.504 e. The molecule has 0 saturated carbocycles. The van der Waals surface area contributed by atoms with Crippen molar-refractivity contribution in [1.82, 2.24) is 10.2 Å². The summed E-state index contributed by atoms with van der Waals surface area (Å²) in [6, 6.07) is 2.84. The summed E-state index contributed by atoms with van der Waals surface area (Å²) in [6.07, 6.45) is 0. The van der Waals surface area contributed by atoms with Gasteiger partial charge in [-0.05, 0) is 12.5 Å². The van der Waals surface area contributed by atoms with E-state index in [-0.39, 0.29) is 11.5 Å². The Labute approximate surface area is 96.5 Å². The minimum atomic E-state index is -0.279. The maximum atomic E-state index is 9.77. The van der Waals surface area contributed by atoms with E-state index in [4.69, 9.17) is 17.3 Å². The molecule has 1 aromatic heterocycles. The zero-order chi connectivity index (χ0) is 11.9. The number of nitrogen functional groups attached to an aromatic ring is 1. The highest BCUT2D eigenvalue weighted by Gasteiger charge is 2.16. The molecule has 1 aromatic carbocycles. The molecule has 0 amide bonds. The van der Waals surface area contributed by atoms with Crippen molar-refractivity contribution in [1.29, 1.82) is 0 Å². The number of benzene rings is 1. The van der Waals surface area contributed by atoms with E-state index in [1.165, 1.54) is 6.07 Å². The Bertz CT molecular complexity index is 525. The number of halogens is 1. The number of rotatable bonds is 1. The van der Waals surface area contributed by atoms with E-state index >= 15 is 0 Å². The summed E-state index contributed by atoms with van der Waals surface area (Å²) in [4.78, 5) is 0. The fourth-order valence-electron chi connectivity index (χ4n) is 1.52. The van der Waals surface area contributed by atoms with Crippen molar-refractivity contribution in [2.45, 2.75) is 6.92 Å². The smallest absolute Gasteiger partial charge is 0.167 e. The van der Waals surface area contributed by atoms with E-state index in [0.717, 1.165) is 0 Å². The van der Waals surface area contributed by atoms with E-state index < -0.39 is 0 Å². The zero-order valence-corrected chi connectivity index (χ0v) is 9.21. The molecule has 5 N–H and O–H groups in total. The second kappa shape index (κ2) is 3.61. The molecule has 16 heavy (non-hydrogen) atoms. The Morgan fingerprint density at radius 1 is 1.38 bits per heavy atom. The summed E-state index contributed by atoms with van der Waals surface area (Å²) in [5.41, 5.74) is 7.01. The van der Waals surface area contributed by atoms with Gasteiger partial charge in [-0.1, -0.05) is 11.6 Å². The molecule has 0 aliphatic rings. The van der Waals surface area contributed by atoms with Gasteiger partial charge in [0, 0.05) is 22.7 Å². The third-order valence-electron chi connectivity index (χ3n) is 2.34. The van der Waals surface area contributed by atoms with E-state index in [0.29, 0.717) is 27.7 Å². The molecule has 0 bridgehead atoms. The van der Waals surface area contributed by atoms with Crippen LogP contribution in [0.5, 0.6) is 11.5 Å². The highest BCUT2D eigenvalue weighted by molar-refractivity contribution is 6.32. The second-order valence-corrected chi connectivity index (χ2v) is 3.84. The Morgan fingerprint density at radius 3 is 2.62 bits per heavy atom. The number of phenolic OH excluding ortho intramolecular Hbond substituents is 2. The number of hydrogen-bond donors (Lipinski definition) is 4. The van der Waals surface area contributed by atoms with Gasteiger partial charge in [0.25, 0.3) is 0 Å². The third-order valence-corrected chi connectivity index (χ3v) is 2.74. The average molecular weight is 240 g/mol. The number of nitrogens with one attached hydrogen (secondary N) is 1. The lowest BCUT2D eigenvalue weighted by molar-refractivity contribution is 0.405. The molecule has 2 rings (SSSR count). The summed E-state index contributed by atoms with van der Waals surface area (Å²) in [6.45, 7) is 1.73. The van der Waals surface area contributed by atoms with Crippen molar-refractivity contribution >= 4 is 17.4 Å². The number of aromatic hydroxyl groups is 2. The second-order valence-electron chi connectivity index (χ2n) is 3.43. The standard InChI is InChI=1S/C10H10ClN3O2/c1-4-5(11)2-7(15)10(16)9(4)6-3-8(12)14-13-6/h2-3,15-16H,1H3,(H3,12,13,14). The quantitative estimate of drug-likeness (QED) is 0.573. The van der Waals surface area contributed by atoms with E-state index in [2.05, 4.69) is 10.2 Å². The molecule has 0 aliphatic heterocycles. The van der Waals surface area contributed by atoms with Crippen LogP contribution in [0.25, 0.3) is 11.3 Å². The average Bonchev–Trinajstić information content (AvgIpc) is 2.62. The van der Waals surface area contributed by atoms with Crippen molar-refractivity contribution < 1.29 is 10.2 Å². The van der Waals surface area contributed by atoms with Gasteiger partial charge in [-0.15, -0.1) is 0 Å². The molecule has 0 saturated heterocycles. The number of hydrogen-bond acceptors (Lipinski definition) is 4. The van der Waals surface area contributed by atoms with Crippen LogP contribution < -0.4 is 5.73 Å². The molecule has 84 valence electrons. The molecule has 5 nitrogen and oxygen atoms in total. The van der Waals surface area contributed by atoms with Crippen LogP contribution in [-0.4, -0.2) is 20.4 Å². The lowest BCUT2D eigenvalue weighted by atomic mass is 10.0. The van der Waals surface area contributed by atoms with Gasteiger partial charge >= 0.3 is 0 Å². The summed E-state index contributed by atoms with van der Waals surface area (Å²) < 4.78 is 0. The number of aromatic amines is 1. The van der Waals surface area contributed by atoms with Gasteiger partial charge in [0.1, 0.15) is 5.82 Å². The number of H-pyrrole nitrogens is 1. The summed E-state index contributed by atoms with van der Waals surface area (Å²) in [7, 11) is 0. The van der Waals surface area contributed by atoms with Crippen molar-refractivity contribution in [3.63, 3.8) is 0 Å². The molecule has 1 heterocycles. The Morgan fingerprint density at radius 2 is 2.06 bits per heavy atom. The van der Waals surface area contributed by atoms with Crippen molar-refractivity contribution in [3.8, 4) is 22.8 Å². The highest BCUT2D eigenvalue weighted by atomic mass is 35.5. The topological polar surface area (TPSA) is 95.2 Å². The van der Waals surface area contributed by atoms with Crippen LogP contribution in [0.1, 0.15) is 5.56 Å². The molecular weight excluding hydrogens is 230 g/mol. The number of aromatic nitrogens is 2. The van der Waals surface area contributed by atoms with Crippen molar-refractivity contribution in [2.75, 3.05) is 5.73 Å². The summed E-state index contributed by atoms with van der Waals surface area (Å²) in [5.74, 6) is -0.224. The van der Waals surface area contributed by atoms with Crippen LogP contribution in [0.3, 0.4) is 0 Å². The maximum absolute atomic E-state index is 9.77. The highest BCUT2D eigenvalue weighted by Crippen LogP contribution is 2.41. The number of anilines is 1. The Hall–Kier alpha value is -1.88. The fourth-order valence-corrected chi connectivity index (χ4v) is 1.71.